The Morgan fingerprint density at radius 2 is 2.29 bits per heavy atom. The van der Waals surface area contributed by atoms with Gasteiger partial charge in [0.1, 0.15) is 5.75 Å². The highest BCUT2D eigenvalue weighted by atomic mass is 79.9. The molecule has 3 heteroatoms. The molecule has 0 amide bonds. The van der Waals surface area contributed by atoms with E-state index in [-0.39, 0.29) is 0 Å². The quantitative estimate of drug-likeness (QED) is 0.809. The van der Waals surface area contributed by atoms with Crippen molar-refractivity contribution in [3.8, 4) is 5.75 Å². The third-order valence-electron chi connectivity index (χ3n) is 2.81. The second-order valence-corrected chi connectivity index (χ2v) is 4.71. The molecule has 2 N–H and O–H groups in total. The summed E-state index contributed by atoms with van der Waals surface area (Å²) in [7, 11) is 0. The van der Waals surface area contributed by atoms with Crippen LogP contribution in [0.4, 0.5) is 0 Å². The molecule has 1 aromatic carbocycles. The number of aromatic hydroxyl groups is 1. The maximum atomic E-state index is 9.61. The minimum Gasteiger partial charge on any atom is -0.506 e. The van der Waals surface area contributed by atoms with E-state index < -0.39 is 0 Å². The first-order chi connectivity index (χ1) is 6.68. The van der Waals surface area contributed by atoms with Crippen LogP contribution in [-0.2, 0) is 0 Å². The van der Waals surface area contributed by atoms with Crippen LogP contribution in [0.15, 0.2) is 16.6 Å². The van der Waals surface area contributed by atoms with Crippen LogP contribution < -0.4 is 5.32 Å². The standard InChI is InChI=1S/C11H14BrNO/c1-7-4-9(5-10(12)11(7)14)8-2-3-13-6-8/h4-5,8,13-14H,2-3,6H2,1H3. The lowest BCUT2D eigenvalue weighted by Gasteiger charge is -2.11. The number of hydrogen-bond acceptors (Lipinski definition) is 2. The highest BCUT2D eigenvalue weighted by molar-refractivity contribution is 9.10. The molecule has 0 aliphatic carbocycles. The van der Waals surface area contributed by atoms with Crippen molar-refractivity contribution in [1.82, 2.24) is 5.32 Å². The molecule has 1 fully saturated rings. The van der Waals surface area contributed by atoms with Crippen molar-refractivity contribution in [1.29, 1.82) is 0 Å². The smallest absolute Gasteiger partial charge is 0.132 e. The van der Waals surface area contributed by atoms with Gasteiger partial charge < -0.3 is 10.4 Å². The molecule has 0 spiro atoms. The molecule has 1 saturated heterocycles. The lowest BCUT2D eigenvalue weighted by molar-refractivity contribution is 0.467. The number of halogens is 1. The molecule has 1 heterocycles. The zero-order valence-electron chi connectivity index (χ0n) is 8.18. The fraction of sp³-hybridized carbons (Fsp3) is 0.455. The molecule has 2 nitrogen and oxygen atoms in total. The molecule has 14 heavy (non-hydrogen) atoms. The average molecular weight is 256 g/mol. The van der Waals surface area contributed by atoms with Crippen molar-refractivity contribution in [3.63, 3.8) is 0 Å². The van der Waals surface area contributed by atoms with E-state index in [4.69, 9.17) is 0 Å². The van der Waals surface area contributed by atoms with Gasteiger partial charge in [0.25, 0.3) is 0 Å². The van der Waals surface area contributed by atoms with Gasteiger partial charge >= 0.3 is 0 Å². The van der Waals surface area contributed by atoms with Gasteiger partial charge in [-0.05, 0) is 58.9 Å². The van der Waals surface area contributed by atoms with E-state index in [0.717, 1.165) is 23.1 Å². The summed E-state index contributed by atoms with van der Waals surface area (Å²) in [6.45, 7) is 4.09. The molecule has 1 unspecified atom stereocenters. The number of aryl methyl sites for hydroxylation is 1. The first-order valence-electron chi connectivity index (χ1n) is 4.88. The fourth-order valence-corrected chi connectivity index (χ4v) is 2.51. The zero-order chi connectivity index (χ0) is 10.1. The van der Waals surface area contributed by atoms with Gasteiger partial charge in [-0.25, -0.2) is 0 Å². The number of phenols is 1. The Balaban J connectivity index is 2.34. The van der Waals surface area contributed by atoms with Gasteiger partial charge in [0.15, 0.2) is 0 Å². The number of rotatable bonds is 1. The van der Waals surface area contributed by atoms with E-state index in [1.807, 2.05) is 13.0 Å². The third-order valence-corrected chi connectivity index (χ3v) is 3.41. The third kappa shape index (κ3) is 1.79. The molecular formula is C11H14BrNO. The SMILES string of the molecule is Cc1cc(C2CCNC2)cc(Br)c1O. The van der Waals surface area contributed by atoms with Crippen LogP contribution in [0.2, 0.25) is 0 Å². The molecule has 1 aromatic rings. The van der Waals surface area contributed by atoms with Crippen LogP contribution in [-0.4, -0.2) is 18.2 Å². The van der Waals surface area contributed by atoms with E-state index in [2.05, 4.69) is 27.3 Å². The summed E-state index contributed by atoms with van der Waals surface area (Å²) in [6.07, 6.45) is 1.19. The number of hydrogen-bond donors (Lipinski definition) is 2. The minimum absolute atomic E-state index is 0.361. The molecule has 1 aliphatic heterocycles. The molecule has 2 rings (SSSR count). The molecule has 0 saturated carbocycles. The van der Waals surface area contributed by atoms with Crippen molar-refractivity contribution < 1.29 is 5.11 Å². The van der Waals surface area contributed by atoms with Gasteiger partial charge in [0.2, 0.25) is 0 Å². The maximum absolute atomic E-state index is 9.61. The van der Waals surface area contributed by atoms with Crippen LogP contribution in [0.1, 0.15) is 23.5 Å². The highest BCUT2D eigenvalue weighted by Gasteiger charge is 2.18. The van der Waals surface area contributed by atoms with Crippen LogP contribution in [0.3, 0.4) is 0 Å². The van der Waals surface area contributed by atoms with Crippen LogP contribution >= 0.6 is 15.9 Å². The Morgan fingerprint density at radius 1 is 1.50 bits per heavy atom. The summed E-state index contributed by atoms with van der Waals surface area (Å²) in [5.41, 5.74) is 2.26. The summed E-state index contributed by atoms with van der Waals surface area (Å²) in [5, 5.41) is 13.0. The van der Waals surface area contributed by atoms with Gasteiger partial charge in [-0.15, -0.1) is 0 Å². The van der Waals surface area contributed by atoms with Crippen LogP contribution in [0.25, 0.3) is 0 Å². The van der Waals surface area contributed by atoms with E-state index in [9.17, 15) is 5.11 Å². The monoisotopic (exact) mass is 255 g/mol. The van der Waals surface area contributed by atoms with Crippen molar-refractivity contribution in [2.75, 3.05) is 13.1 Å². The normalized spacial score (nSPS) is 21.4. The predicted octanol–water partition coefficient (Wildman–Crippen LogP) is 2.54. The van der Waals surface area contributed by atoms with Crippen molar-refractivity contribution in [3.05, 3.63) is 27.7 Å². The summed E-state index contributed by atoms with van der Waals surface area (Å²) in [5.74, 6) is 0.963. The van der Waals surface area contributed by atoms with Gasteiger partial charge in [0, 0.05) is 6.54 Å². The maximum Gasteiger partial charge on any atom is 0.132 e. The van der Waals surface area contributed by atoms with Crippen molar-refractivity contribution in [2.24, 2.45) is 0 Å². The Kier molecular flexibility index (Phi) is 2.79. The topological polar surface area (TPSA) is 32.3 Å². The second kappa shape index (κ2) is 3.91. The van der Waals surface area contributed by atoms with Crippen LogP contribution in [0.5, 0.6) is 5.75 Å². The van der Waals surface area contributed by atoms with E-state index >= 15 is 0 Å². The number of nitrogens with one attached hydrogen (secondary N) is 1. The molecule has 1 aliphatic rings. The van der Waals surface area contributed by atoms with E-state index in [1.165, 1.54) is 12.0 Å². The Morgan fingerprint density at radius 3 is 2.86 bits per heavy atom. The molecule has 0 bridgehead atoms. The average Bonchev–Trinajstić information content (AvgIpc) is 2.66. The Labute approximate surface area is 92.5 Å². The largest absolute Gasteiger partial charge is 0.506 e. The lowest BCUT2D eigenvalue weighted by atomic mass is 9.96. The fourth-order valence-electron chi connectivity index (χ4n) is 1.94. The van der Waals surface area contributed by atoms with Crippen molar-refractivity contribution >= 4 is 15.9 Å². The number of benzene rings is 1. The number of phenolic OH excluding ortho intramolecular Hbond substituents is 1. The Bertz CT molecular complexity index is 322. The summed E-state index contributed by atoms with van der Waals surface area (Å²) in [4.78, 5) is 0. The van der Waals surface area contributed by atoms with E-state index in [0.29, 0.717) is 11.7 Å². The van der Waals surface area contributed by atoms with Gasteiger partial charge in [-0.2, -0.15) is 0 Å². The summed E-state index contributed by atoms with van der Waals surface area (Å²) in [6, 6.07) is 4.11. The van der Waals surface area contributed by atoms with Crippen LogP contribution in [0, 0.1) is 6.92 Å². The molecule has 0 aromatic heterocycles. The minimum atomic E-state index is 0.361. The molecule has 0 radical (unpaired) electrons. The zero-order valence-corrected chi connectivity index (χ0v) is 9.76. The first-order valence-corrected chi connectivity index (χ1v) is 5.67. The lowest BCUT2D eigenvalue weighted by Crippen LogP contribution is -2.08. The second-order valence-electron chi connectivity index (χ2n) is 3.86. The van der Waals surface area contributed by atoms with Gasteiger partial charge in [-0.3, -0.25) is 0 Å². The molecule has 76 valence electrons. The van der Waals surface area contributed by atoms with Crippen molar-refractivity contribution in [2.45, 2.75) is 19.3 Å². The first kappa shape index (κ1) is 9.99. The highest BCUT2D eigenvalue weighted by Crippen LogP contribution is 2.33. The summed E-state index contributed by atoms with van der Waals surface area (Å²) < 4.78 is 0.805. The summed E-state index contributed by atoms with van der Waals surface area (Å²) >= 11 is 3.37. The predicted molar refractivity (Wildman–Crippen MR) is 60.8 cm³/mol. The van der Waals surface area contributed by atoms with Gasteiger partial charge in [-0.1, -0.05) is 6.07 Å². The molecule has 1 atom stereocenters. The Hall–Kier alpha value is -0.540. The van der Waals surface area contributed by atoms with E-state index in [1.54, 1.807) is 0 Å². The molecular weight excluding hydrogens is 242 g/mol. The van der Waals surface area contributed by atoms with Gasteiger partial charge in [0.05, 0.1) is 4.47 Å².